The second-order valence-electron chi connectivity index (χ2n) is 6.95. The molecule has 0 amide bonds. The van der Waals surface area contributed by atoms with Gasteiger partial charge in [0, 0.05) is 15.9 Å². The molecule has 0 bridgehead atoms. The van der Waals surface area contributed by atoms with Gasteiger partial charge in [0.1, 0.15) is 0 Å². The van der Waals surface area contributed by atoms with E-state index in [0.29, 0.717) is 11.4 Å². The smallest absolute Gasteiger partial charge is 0.207 e. The van der Waals surface area contributed by atoms with Gasteiger partial charge in [-0.2, -0.15) is 4.31 Å². The molecular weight excluding hydrogens is 489 g/mol. The number of nitrogens with zero attached hydrogens (tertiary/aromatic N) is 1. The van der Waals surface area contributed by atoms with Crippen LogP contribution in [0.1, 0.15) is 22.1 Å². The fourth-order valence-electron chi connectivity index (χ4n) is 4.17. The second kappa shape index (κ2) is 6.76. The van der Waals surface area contributed by atoms with Gasteiger partial charge in [-0.15, -0.1) is 11.8 Å². The summed E-state index contributed by atoms with van der Waals surface area (Å²) in [5.41, 5.74) is 3.90. The van der Waals surface area contributed by atoms with Crippen LogP contribution >= 0.6 is 34.4 Å². The maximum Gasteiger partial charge on any atom is 0.244 e. The molecule has 1 saturated heterocycles. The molecule has 0 aromatic heterocycles. The third-order valence-electron chi connectivity index (χ3n) is 5.45. The van der Waals surface area contributed by atoms with Gasteiger partial charge in [0.15, 0.2) is 0 Å². The van der Waals surface area contributed by atoms with E-state index < -0.39 is 10.0 Å². The molecule has 3 aromatic carbocycles. The molecule has 1 fully saturated rings. The van der Waals surface area contributed by atoms with Crippen LogP contribution in [0, 0.1) is 3.57 Å². The molecule has 27 heavy (non-hydrogen) atoms. The summed E-state index contributed by atoms with van der Waals surface area (Å²) in [6, 6.07) is 17.9. The van der Waals surface area contributed by atoms with Gasteiger partial charge in [0.25, 0.3) is 0 Å². The van der Waals surface area contributed by atoms with E-state index >= 15 is 0 Å². The molecule has 1 unspecified atom stereocenters. The molecule has 0 saturated carbocycles. The fourth-order valence-corrected chi connectivity index (χ4v) is 7.80. The molecule has 1 atom stereocenters. The molecule has 2 aliphatic rings. The summed E-state index contributed by atoms with van der Waals surface area (Å²) in [4.78, 5) is 0.376. The lowest BCUT2D eigenvalue weighted by molar-refractivity contribution is 0.435. The summed E-state index contributed by atoms with van der Waals surface area (Å²) < 4.78 is 29.4. The molecule has 5 rings (SSSR count). The number of hydrogen-bond acceptors (Lipinski definition) is 3. The minimum absolute atomic E-state index is 0.167. The van der Waals surface area contributed by atoms with Crippen LogP contribution in [0.3, 0.4) is 0 Å². The van der Waals surface area contributed by atoms with Crippen molar-refractivity contribution in [2.45, 2.75) is 23.1 Å². The maximum absolute atomic E-state index is 13.3. The molecule has 6 heteroatoms. The number of hydrogen-bond donors (Lipinski definition) is 0. The Labute approximate surface area is 177 Å². The molecule has 1 aliphatic carbocycles. The Balaban J connectivity index is 1.62. The topological polar surface area (TPSA) is 37.4 Å². The van der Waals surface area contributed by atoms with Gasteiger partial charge in [-0.25, -0.2) is 8.42 Å². The van der Waals surface area contributed by atoms with E-state index in [1.165, 1.54) is 21.9 Å². The van der Waals surface area contributed by atoms with Gasteiger partial charge in [0.05, 0.1) is 10.3 Å². The maximum atomic E-state index is 13.3. The third kappa shape index (κ3) is 2.92. The lowest BCUT2D eigenvalue weighted by Crippen LogP contribution is -2.30. The van der Waals surface area contributed by atoms with Crippen molar-refractivity contribution in [1.82, 2.24) is 4.31 Å². The highest BCUT2D eigenvalue weighted by atomic mass is 127. The highest BCUT2D eigenvalue weighted by Gasteiger charge is 2.38. The Morgan fingerprint density at radius 3 is 2.48 bits per heavy atom. The van der Waals surface area contributed by atoms with E-state index in [1.54, 1.807) is 28.2 Å². The van der Waals surface area contributed by atoms with E-state index in [1.807, 2.05) is 12.1 Å². The fraction of sp³-hybridized carbons (Fsp3) is 0.238. The van der Waals surface area contributed by atoms with E-state index in [2.05, 4.69) is 52.9 Å². The van der Waals surface area contributed by atoms with Crippen molar-refractivity contribution in [2.75, 3.05) is 12.3 Å². The van der Waals surface area contributed by atoms with Crippen molar-refractivity contribution in [2.24, 2.45) is 0 Å². The highest BCUT2D eigenvalue weighted by Crippen LogP contribution is 2.45. The third-order valence-corrected chi connectivity index (χ3v) is 9.42. The molecular formula is C21H18INO2S2. The van der Waals surface area contributed by atoms with Crippen molar-refractivity contribution >= 4 is 55.1 Å². The monoisotopic (exact) mass is 507 g/mol. The number of thioether (sulfide) groups is 1. The van der Waals surface area contributed by atoms with Crippen LogP contribution in [-0.2, 0) is 22.9 Å². The van der Waals surface area contributed by atoms with Crippen LogP contribution in [-0.4, -0.2) is 25.0 Å². The Bertz CT molecular complexity index is 1130. The lowest BCUT2D eigenvalue weighted by atomic mass is 10.00. The van der Waals surface area contributed by atoms with E-state index in [4.69, 9.17) is 0 Å². The molecule has 138 valence electrons. The first-order valence-corrected chi connectivity index (χ1v) is 12.5. The molecule has 0 radical (unpaired) electrons. The van der Waals surface area contributed by atoms with Crippen LogP contribution < -0.4 is 0 Å². The first-order chi connectivity index (χ1) is 13.1. The minimum atomic E-state index is -3.52. The summed E-state index contributed by atoms with van der Waals surface area (Å²) in [5.74, 6) is 0.817. The molecule has 3 nitrogen and oxygen atoms in total. The number of benzene rings is 3. The molecule has 1 heterocycles. The van der Waals surface area contributed by atoms with Crippen LogP contribution in [0.2, 0.25) is 0 Å². The number of rotatable bonds is 3. The highest BCUT2D eigenvalue weighted by molar-refractivity contribution is 14.1. The van der Waals surface area contributed by atoms with Crippen molar-refractivity contribution in [3.63, 3.8) is 0 Å². The quantitative estimate of drug-likeness (QED) is 0.470. The SMILES string of the molecule is O=S(=O)(c1ccc(I)cc1)N1CCSC1c1ccc2c3c(cccc13)CC2. The zero-order valence-electron chi connectivity index (χ0n) is 14.6. The van der Waals surface area contributed by atoms with Crippen molar-refractivity contribution < 1.29 is 8.42 Å². The summed E-state index contributed by atoms with van der Waals surface area (Å²) in [6.45, 7) is 0.548. The van der Waals surface area contributed by atoms with Gasteiger partial charge in [-0.05, 0) is 87.2 Å². The van der Waals surface area contributed by atoms with Crippen molar-refractivity contribution in [3.05, 3.63) is 74.9 Å². The second-order valence-corrected chi connectivity index (χ2v) is 11.3. The molecule has 1 aliphatic heterocycles. The van der Waals surface area contributed by atoms with Gasteiger partial charge in [0.2, 0.25) is 10.0 Å². The zero-order chi connectivity index (χ0) is 18.6. The van der Waals surface area contributed by atoms with Gasteiger partial charge in [-0.1, -0.05) is 30.3 Å². The average molecular weight is 507 g/mol. The molecule has 0 N–H and O–H groups in total. The minimum Gasteiger partial charge on any atom is -0.207 e. The van der Waals surface area contributed by atoms with Crippen molar-refractivity contribution in [1.29, 1.82) is 0 Å². The van der Waals surface area contributed by atoms with Crippen LogP contribution in [0.15, 0.2) is 59.5 Å². The Morgan fingerprint density at radius 2 is 1.70 bits per heavy atom. The van der Waals surface area contributed by atoms with Crippen molar-refractivity contribution in [3.8, 4) is 0 Å². The average Bonchev–Trinajstić information content (AvgIpc) is 3.32. The van der Waals surface area contributed by atoms with Gasteiger partial charge in [-0.3, -0.25) is 0 Å². The number of halogens is 1. The zero-order valence-corrected chi connectivity index (χ0v) is 18.4. The first-order valence-electron chi connectivity index (χ1n) is 8.98. The van der Waals surface area contributed by atoms with E-state index in [-0.39, 0.29) is 5.37 Å². The Hall–Kier alpha value is -1.09. The van der Waals surface area contributed by atoms with Crippen LogP contribution in [0.4, 0.5) is 0 Å². The predicted molar refractivity (Wildman–Crippen MR) is 120 cm³/mol. The van der Waals surface area contributed by atoms with Gasteiger partial charge >= 0.3 is 0 Å². The first kappa shape index (κ1) is 18.0. The molecule has 3 aromatic rings. The van der Waals surface area contributed by atoms with E-state index in [0.717, 1.165) is 27.7 Å². The standard InChI is InChI=1S/C21H18INO2S2/c22-16-7-9-17(10-8-16)27(24,25)23-12-13-26-21(23)19-11-6-15-5-4-14-2-1-3-18(19)20(14)15/h1-3,6-11,21H,4-5,12-13H2. The summed E-state index contributed by atoms with van der Waals surface area (Å²) in [7, 11) is -3.52. The number of aryl methyl sites for hydroxylation is 2. The Kier molecular flexibility index (Phi) is 4.50. The normalized spacial score (nSPS) is 19.8. The van der Waals surface area contributed by atoms with E-state index in [9.17, 15) is 8.42 Å². The molecule has 0 spiro atoms. The summed E-state index contributed by atoms with van der Waals surface area (Å²) in [6.07, 6.45) is 2.16. The van der Waals surface area contributed by atoms with Crippen LogP contribution in [0.25, 0.3) is 10.8 Å². The summed E-state index contributed by atoms with van der Waals surface area (Å²) >= 11 is 3.92. The van der Waals surface area contributed by atoms with Gasteiger partial charge < -0.3 is 0 Å². The Morgan fingerprint density at radius 1 is 0.963 bits per heavy atom. The number of sulfonamides is 1. The predicted octanol–water partition coefficient (Wildman–Crippen LogP) is 4.98. The van der Waals surface area contributed by atoms with Crippen LogP contribution in [0.5, 0.6) is 0 Å². The largest absolute Gasteiger partial charge is 0.244 e. The summed E-state index contributed by atoms with van der Waals surface area (Å²) in [5, 5.41) is 2.39. The lowest BCUT2D eigenvalue weighted by Gasteiger charge is -2.25.